The van der Waals surface area contributed by atoms with Crippen LogP contribution in [0.4, 0.5) is 16.2 Å². The molecule has 0 heterocycles. The lowest BCUT2D eigenvalue weighted by Gasteiger charge is -2.21. The van der Waals surface area contributed by atoms with Crippen molar-refractivity contribution in [2.24, 2.45) is 0 Å². The van der Waals surface area contributed by atoms with Gasteiger partial charge in [-0.3, -0.25) is 10.1 Å². The van der Waals surface area contributed by atoms with Gasteiger partial charge in [0.05, 0.1) is 6.61 Å². The highest BCUT2D eigenvalue weighted by Crippen LogP contribution is 2.23. The van der Waals surface area contributed by atoms with Crippen LogP contribution in [-0.2, 0) is 11.3 Å². The number of nitrogens with one attached hydrogen (secondary N) is 1. The fourth-order valence-electron chi connectivity index (χ4n) is 2.73. The smallest absolute Gasteiger partial charge is 0.411 e. The minimum atomic E-state index is -0.428. The molecule has 0 radical (unpaired) electrons. The Morgan fingerprint density at radius 2 is 1.78 bits per heavy atom. The number of ketones is 1. The Bertz CT molecular complexity index is 785. The van der Waals surface area contributed by atoms with Crippen LogP contribution in [0.2, 0.25) is 0 Å². The number of carbonyl (C=O) groups is 2. The van der Waals surface area contributed by atoms with Crippen molar-refractivity contribution in [3.63, 3.8) is 0 Å². The lowest BCUT2D eigenvalue weighted by molar-refractivity contribution is 0.0988. The molecule has 0 aliphatic carbocycles. The Hall–Kier alpha value is -2.82. The van der Waals surface area contributed by atoms with Gasteiger partial charge in [-0.25, -0.2) is 4.79 Å². The van der Waals surface area contributed by atoms with Crippen molar-refractivity contribution in [2.75, 3.05) is 23.9 Å². The van der Waals surface area contributed by atoms with Gasteiger partial charge >= 0.3 is 6.09 Å². The molecule has 5 nitrogen and oxygen atoms in total. The Labute approximate surface area is 161 Å². The number of hydrogen-bond acceptors (Lipinski definition) is 4. The maximum absolute atomic E-state index is 11.7. The van der Waals surface area contributed by atoms with Crippen LogP contribution in [0.15, 0.2) is 42.5 Å². The van der Waals surface area contributed by atoms with Crippen LogP contribution in [0.25, 0.3) is 0 Å². The SMILES string of the molecule is CCCOC(=O)Nc1ccc(N(C)Cc2ccc(C(=O)CC)cc2)cc1C. The minimum absolute atomic E-state index is 0.158. The van der Waals surface area contributed by atoms with Crippen molar-refractivity contribution >= 4 is 23.3 Å². The third kappa shape index (κ3) is 5.84. The van der Waals surface area contributed by atoms with Gasteiger partial charge in [-0.1, -0.05) is 38.1 Å². The molecule has 0 aliphatic rings. The van der Waals surface area contributed by atoms with Crippen molar-refractivity contribution in [2.45, 2.75) is 40.2 Å². The standard InChI is InChI=1S/C22H28N2O3/c1-5-13-27-22(26)23-20-12-11-19(14-16(20)3)24(4)15-17-7-9-18(10-8-17)21(25)6-2/h7-12,14H,5-6,13,15H2,1-4H3,(H,23,26). The van der Waals surface area contributed by atoms with Crippen LogP contribution < -0.4 is 10.2 Å². The second-order valence-electron chi connectivity index (χ2n) is 6.59. The van der Waals surface area contributed by atoms with Gasteiger partial charge in [0.1, 0.15) is 0 Å². The monoisotopic (exact) mass is 368 g/mol. The van der Waals surface area contributed by atoms with E-state index < -0.39 is 6.09 Å². The van der Waals surface area contributed by atoms with Gasteiger partial charge in [-0.05, 0) is 42.7 Å². The molecular formula is C22H28N2O3. The van der Waals surface area contributed by atoms with Gasteiger partial charge in [0.15, 0.2) is 5.78 Å². The first-order valence-electron chi connectivity index (χ1n) is 9.32. The van der Waals surface area contributed by atoms with Crippen LogP contribution in [0.3, 0.4) is 0 Å². The average molecular weight is 368 g/mol. The predicted octanol–water partition coefficient (Wildman–Crippen LogP) is 5.18. The molecule has 1 amide bonds. The normalized spacial score (nSPS) is 10.4. The fourth-order valence-corrected chi connectivity index (χ4v) is 2.73. The molecule has 144 valence electrons. The summed E-state index contributed by atoms with van der Waals surface area (Å²) < 4.78 is 5.06. The van der Waals surface area contributed by atoms with Gasteiger partial charge in [0.2, 0.25) is 0 Å². The molecule has 0 aromatic heterocycles. The molecule has 0 aliphatic heterocycles. The topological polar surface area (TPSA) is 58.6 Å². The second kappa shape index (κ2) is 9.76. The van der Waals surface area contributed by atoms with Crippen molar-refractivity contribution in [1.82, 2.24) is 0 Å². The first-order chi connectivity index (χ1) is 12.9. The molecule has 2 rings (SSSR count). The number of Topliss-reactive ketones (excluding diaryl/α,β-unsaturated/α-hetero) is 1. The number of amides is 1. The first-order valence-corrected chi connectivity index (χ1v) is 9.32. The van der Waals surface area contributed by atoms with E-state index in [0.717, 1.165) is 41.0 Å². The fraction of sp³-hybridized carbons (Fsp3) is 0.364. The van der Waals surface area contributed by atoms with Gasteiger partial charge in [0, 0.05) is 37.0 Å². The van der Waals surface area contributed by atoms with E-state index in [1.807, 2.05) is 70.3 Å². The number of hydrogen-bond donors (Lipinski definition) is 1. The van der Waals surface area contributed by atoms with Crippen LogP contribution in [0.5, 0.6) is 0 Å². The molecule has 0 spiro atoms. The van der Waals surface area contributed by atoms with Crippen LogP contribution in [0.1, 0.15) is 48.2 Å². The number of carbonyl (C=O) groups excluding carboxylic acids is 2. The van der Waals surface area contributed by atoms with Crippen molar-refractivity contribution in [3.05, 3.63) is 59.2 Å². The molecule has 27 heavy (non-hydrogen) atoms. The molecule has 0 saturated carbocycles. The van der Waals surface area contributed by atoms with Crippen molar-refractivity contribution in [3.8, 4) is 0 Å². The summed E-state index contributed by atoms with van der Waals surface area (Å²) in [7, 11) is 2.02. The maximum Gasteiger partial charge on any atom is 0.411 e. The molecule has 1 N–H and O–H groups in total. The number of nitrogens with zero attached hydrogens (tertiary/aromatic N) is 1. The van der Waals surface area contributed by atoms with Crippen molar-refractivity contribution in [1.29, 1.82) is 0 Å². The highest BCUT2D eigenvalue weighted by Gasteiger charge is 2.09. The zero-order valence-electron chi connectivity index (χ0n) is 16.5. The molecule has 0 fully saturated rings. The number of benzene rings is 2. The number of ether oxygens (including phenoxy) is 1. The highest BCUT2D eigenvalue weighted by atomic mass is 16.5. The lowest BCUT2D eigenvalue weighted by atomic mass is 10.1. The second-order valence-corrected chi connectivity index (χ2v) is 6.59. The van der Waals surface area contributed by atoms with E-state index in [1.165, 1.54) is 0 Å². The highest BCUT2D eigenvalue weighted by molar-refractivity contribution is 5.95. The summed E-state index contributed by atoms with van der Waals surface area (Å²) in [4.78, 5) is 25.6. The Morgan fingerprint density at radius 1 is 1.07 bits per heavy atom. The van der Waals surface area contributed by atoms with E-state index in [1.54, 1.807) is 0 Å². The zero-order valence-corrected chi connectivity index (χ0v) is 16.5. The molecular weight excluding hydrogens is 340 g/mol. The minimum Gasteiger partial charge on any atom is -0.449 e. The van der Waals surface area contributed by atoms with Crippen LogP contribution >= 0.6 is 0 Å². The molecule has 0 unspecified atom stereocenters. The van der Waals surface area contributed by atoms with Crippen molar-refractivity contribution < 1.29 is 14.3 Å². The summed E-state index contributed by atoms with van der Waals surface area (Å²) in [5.41, 5.74) is 4.65. The van der Waals surface area contributed by atoms with Crippen LogP contribution in [0, 0.1) is 6.92 Å². The summed E-state index contributed by atoms with van der Waals surface area (Å²) in [6.45, 7) is 6.92. The van der Waals surface area contributed by atoms with Crippen LogP contribution in [-0.4, -0.2) is 25.5 Å². The average Bonchev–Trinajstić information content (AvgIpc) is 2.67. The zero-order chi connectivity index (χ0) is 19.8. The third-order valence-corrected chi connectivity index (χ3v) is 4.34. The van der Waals surface area contributed by atoms with E-state index >= 15 is 0 Å². The lowest BCUT2D eigenvalue weighted by Crippen LogP contribution is -2.18. The third-order valence-electron chi connectivity index (χ3n) is 4.34. The van der Waals surface area contributed by atoms with E-state index in [4.69, 9.17) is 4.74 Å². The van der Waals surface area contributed by atoms with Gasteiger partial charge in [-0.15, -0.1) is 0 Å². The molecule has 5 heteroatoms. The molecule has 2 aromatic carbocycles. The molecule has 0 saturated heterocycles. The first kappa shape index (κ1) is 20.5. The van der Waals surface area contributed by atoms with E-state index in [0.29, 0.717) is 13.0 Å². The number of anilines is 2. The van der Waals surface area contributed by atoms with E-state index in [2.05, 4.69) is 10.2 Å². The summed E-state index contributed by atoms with van der Waals surface area (Å²) in [5.74, 6) is 0.158. The summed E-state index contributed by atoms with van der Waals surface area (Å²) in [5, 5.41) is 2.77. The summed E-state index contributed by atoms with van der Waals surface area (Å²) in [6, 6.07) is 13.6. The Balaban J connectivity index is 2.02. The Kier molecular flexibility index (Phi) is 7.41. The van der Waals surface area contributed by atoms with E-state index in [-0.39, 0.29) is 5.78 Å². The molecule has 2 aromatic rings. The summed E-state index contributed by atoms with van der Waals surface area (Å²) >= 11 is 0. The van der Waals surface area contributed by atoms with E-state index in [9.17, 15) is 9.59 Å². The molecule has 0 atom stereocenters. The number of aryl methyl sites for hydroxylation is 1. The summed E-state index contributed by atoms with van der Waals surface area (Å²) in [6.07, 6.45) is 0.886. The van der Waals surface area contributed by atoms with Gasteiger partial charge in [0.25, 0.3) is 0 Å². The Morgan fingerprint density at radius 3 is 2.37 bits per heavy atom. The largest absolute Gasteiger partial charge is 0.449 e. The quantitative estimate of drug-likeness (QED) is 0.652. The predicted molar refractivity (Wildman–Crippen MR) is 110 cm³/mol. The molecule has 0 bridgehead atoms. The van der Waals surface area contributed by atoms with Gasteiger partial charge < -0.3 is 9.64 Å². The number of rotatable bonds is 8. The van der Waals surface area contributed by atoms with Gasteiger partial charge in [-0.2, -0.15) is 0 Å². The maximum atomic E-state index is 11.7.